The summed E-state index contributed by atoms with van der Waals surface area (Å²) in [7, 11) is 1.87. The monoisotopic (exact) mass is 461 g/mol. The number of carbonyl (C=O) groups is 2. The Balaban J connectivity index is 0.00000176. The minimum Gasteiger partial charge on any atom is -0.391 e. The van der Waals surface area contributed by atoms with E-state index in [4.69, 9.17) is 0 Å². The van der Waals surface area contributed by atoms with Gasteiger partial charge in [0.1, 0.15) is 0 Å². The smallest absolute Gasteiger partial charge is 0.255 e. The lowest BCUT2D eigenvalue weighted by Crippen LogP contribution is -2.52. The number of allylic oxidation sites excluding steroid dienone is 3. The predicted octanol–water partition coefficient (Wildman–Crippen LogP) is 2.14. The molecule has 4 N–H and O–H groups in total. The van der Waals surface area contributed by atoms with Gasteiger partial charge >= 0.3 is 0 Å². The summed E-state index contributed by atoms with van der Waals surface area (Å²) in [5.41, 5.74) is 2.06. The van der Waals surface area contributed by atoms with E-state index in [0.29, 0.717) is 19.5 Å². The lowest BCUT2D eigenvalue weighted by atomic mass is 10.0. The Morgan fingerprint density at radius 2 is 2.03 bits per heavy atom. The molecular formula is C24H35N3O4S. The number of aliphatic hydroxyl groups excluding tert-OH is 2. The molecule has 176 valence electrons. The lowest BCUT2D eigenvalue weighted by molar-refractivity contribution is -0.153. The van der Waals surface area contributed by atoms with Crippen LogP contribution in [0, 0.1) is 0 Å². The highest BCUT2D eigenvalue weighted by Gasteiger charge is 2.38. The number of hydrogen-bond acceptors (Lipinski definition) is 6. The highest BCUT2D eigenvalue weighted by molar-refractivity contribution is 7.09. The third-order valence-corrected chi connectivity index (χ3v) is 6.37. The Bertz CT molecular complexity index is 832. The van der Waals surface area contributed by atoms with Crippen molar-refractivity contribution in [3.63, 3.8) is 0 Å². The Morgan fingerprint density at radius 3 is 2.72 bits per heavy atom. The zero-order valence-corrected chi connectivity index (χ0v) is 19.9. The molecule has 2 aliphatic rings. The minimum absolute atomic E-state index is 0.176. The van der Waals surface area contributed by atoms with Gasteiger partial charge in [-0.1, -0.05) is 38.1 Å². The Labute approximate surface area is 194 Å². The Morgan fingerprint density at radius 1 is 1.25 bits per heavy atom. The Hall–Kier alpha value is -2.42. The van der Waals surface area contributed by atoms with E-state index in [1.165, 1.54) is 0 Å². The SMILES string of the molecule is CC.CNC1=CC=C(C2CCCN2C(=O)C(O)C(O)C(=O)NCCc2cccs2)C=CC1. The van der Waals surface area contributed by atoms with Gasteiger partial charge in [0.15, 0.2) is 12.2 Å². The largest absolute Gasteiger partial charge is 0.391 e. The van der Waals surface area contributed by atoms with Gasteiger partial charge < -0.3 is 25.7 Å². The third-order valence-electron chi connectivity index (χ3n) is 5.44. The first-order chi connectivity index (χ1) is 15.5. The lowest BCUT2D eigenvalue weighted by Gasteiger charge is -2.29. The van der Waals surface area contributed by atoms with E-state index >= 15 is 0 Å². The second-order valence-electron chi connectivity index (χ2n) is 7.41. The third kappa shape index (κ3) is 6.79. The van der Waals surface area contributed by atoms with Crippen molar-refractivity contribution < 1.29 is 19.8 Å². The molecule has 0 saturated carbocycles. The number of rotatable bonds is 8. The first-order valence-electron chi connectivity index (χ1n) is 11.2. The van der Waals surface area contributed by atoms with Gasteiger partial charge in [-0.3, -0.25) is 9.59 Å². The molecule has 2 heterocycles. The molecule has 0 spiro atoms. The summed E-state index contributed by atoms with van der Waals surface area (Å²) in [5, 5.41) is 28.3. The zero-order valence-electron chi connectivity index (χ0n) is 19.1. The van der Waals surface area contributed by atoms with E-state index < -0.39 is 24.0 Å². The number of carbonyl (C=O) groups excluding carboxylic acids is 2. The first-order valence-corrected chi connectivity index (χ1v) is 12.1. The summed E-state index contributed by atoms with van der Waals surface area (Å²) in [5.74, 6) is -1.35. The van der Waals surface area contributed by atoms with E-state index in [1.54, 1.807) is 16.2 Å². The van der Waals surface area contributed by atoms with Crippen LogP contribution in [0.3, 0.4) is 0 Å². The average Bonchev–Trinajstić information content (AvgIpc) is 3.47. The van der Waals surface area contributed by atoms with Crippen LogP contribution in [0.25, 0.3) is 0 Å². The molecule has 32 heavy (non-hydrogen) atoms. The highest BCUT2D eigenvalue weighted by Crippen LogP contribution is 2.27. The van der Waals surface area contributed by atoms with Crippen molar-refractivity contribution in [1.29, 1.82) is 0 Å². The van der Waals surface area contributed by atoms with Crippen LogP contribution >= 0.6 is 11.3 Å². The molecule has 1 aliphatic carbocycles. The van der Waals surface area contributed by atoms with Crippen molar-refractivity contribution in [2.45, 2.75) is 57.8 Å². The van der Waals surface area contributed by atoms with Gasteiger partial charge in [-0.2, -0.15) is 0 Å². The van der Waals surface area contributed by atoms with Crippen LogP contribution in [-0.2, 0) is 16.0 Å². The molecule has 1 aliphatic heterocycles. The average molecular weight is 462 g/mol. The number of aliphatic hydroxyl groups is 2. The van der Waals surface area contributed by atoms with Gasteiger partial charge in [-0.25, -0.2) is 0 Å². The van der Waals surface area contributed by atoms with E-state index in [0.717, 1.165) is 35.4 Å². The zero-order chi connectivity index (χ0) is 23.5. The number of nitrogens with one attached hydrogen (secondary N) is 2. The van der Waals surface area contributed by atoms with E-state index in [-0.39, 0.29) is 6.04 Å². The van der Waals surface area contributed by atoms with Crippen LogP contribution in [0.1, 0.15) is 38.0 Å². The minimum atomic E-state index is -1.79. The van der Waals surface area contributed by atoms with E-state index in [2.05, 4.69) is 10.6 Å². The van der Waals surface area contributed by atoms with Crippen molar-refractivity contribution >= 4 is 23.2 Å². The topological polar surface area (TPSA) is 102 Å². The summed E-state index contributed by atoms with van der Waals surface area (Å²) >= 11 is 1.58. The molecule has 3 rings (SSSR count). The highest BCUT2D eigenvalue weighted by atomic mass is 32.1. The molecule has 0 radical (unpaired) electrons. The van der Waals surface area contributed by atoms with E-state index in [9.17, 15) is 19.8 Å². The van der Waals surface area contributed by atoms with Gasteiger partial charge in [-0.05, 0) is 42.4 Å². The summed E-state index contributed by atoms with van der Waals surface area (Å²) < 4.78 is 0. The molecule has 8 heteroatoms. The van der Waals surface area contributed by atoms with Gasteiger partial charge in [-0.15, -0.1) is 11.3 Å². The molecule has 1 aromatic heterocycles. The number of amides is 2. The fourth-order valence-corrected chi connectivity index (χ4v) is 4.45. The summed E-state index contributed by atoms with van der Waals surface area (Å²) in [6.45, 7) is 4.82. The van der Waals surface area contributed by atoms with Crippen LogP contribution in [0.4, 0.5) is 0 Å². The predicted molar refractivity (Wildman–Crippen MR) is 128 cm³/mol. The second-order valence-corrected chi connectivity index (χ2v) is 8.45. The summed E-state index contributed by atoms with van der Waals surface area (Å²) in [4.78, 5) is 27.8. The number of hydrogen-bond donors (Lipinski definition) is 4. The van der Waals surface area contributed by atoms with Gasteiger partial charge in [0.2, 0.25) is 0 Å². The quantitative estimate of drug-likeness (QED) is 0.475. The summed E-state index contributed by atoms with van der Waals surface area (Å²) in [6, 6.07) is 3.72. The first kappa shape index (κ1) is 25.8. The molecular weight excluding hydrogens is 426 g/mol. The van der Waals surface area contributed by atoms with Crippen LogP contribution in [-0.4, -0.2) is 65.3 Å². The van der Waals surface area contributed by atoms with Crippen molar-refractivity contribution in [2.75, 3.05) is 20.1 Å². The maximum Gasteiger partial charge on any atom is 0.255 e. The standard InChI is InChI=1S/C22H29N3O4S.C2H6/c1-23-16-6-2-5-15(9-10-16)18-8-3-13-25(18)22(29)20(27)19(26)21(28)24-12-11-17-7-4-14-30-17;1-2/h2,4-5,7,9-10,14,18-20,23,26-27H,3,6,8,11-13H2,1H3,(H,24,28);1-2H3. The number of nitrogens with zero attached hydrogens (tertiary/aromatic N) is 1. The molecule has 2 amide bonds. The maximum atomic E-state index is 12.9. The van der Waals surface area contributed by atoms with Crippen LogP contribution in [0.5, 0.6) is 0 Å². The van der Waals surface area contributed by atoms with Gasteiger partial charge in [0.05, 0.1) is 6.04 Å². The molecule has 0 bridgehead atoms. The fourth-order valence-electron chi connectivity index (χ4n) is 3.74. The molecule has 1 aromatic rings. The fraction of sp³-hybridized carbons (Fsp3) is 0.500. The molecule has 0 aromatic carbocycles. The van der Waals surface area contributed by atoms with Gasteiger partial charge in [0.25, 0.3) is 11.8 Å². The van der Waals surface area contributed by atoms with Crippen LogP contribution in [0.15, 0.2) is 53.1 Å². The number of likely N-dealkylation sites (tertiary alicyclic amines) is 1. The van der Waals surface area contributed by atoms with Gasteiger partial charge in [0, 0.05) is 37.1 Å². The molecule has 3 atom stereocenters. The Kier molecular flexibility index (Phi) is 10.7. The van der Waals surface area contributed by atoms with Crippen LogP contribution < -0.4 is 10.6 Å². The van der Waals surface area contributed by atoms with Crippen molar-refractivity contribution in [2.24, 2.45) is 0 Å². The van der Waals surface area contributed by atoms with Crippen molar-refractivity contribution in [1.82, 2.24) is 15.5 Å². The molecule has 1 fully saturated rings. The maximum absolute atomic E-state index is 12.9. The van der Waals surface area contributed by atoms with Crippen molar-refractivity contribution in [3.05, 3.63) is 58.0 Å². The summed E-state index contributed by atoms with van der Waals surface area (Å²) in [6.07, 6.45) is 7.42. The molecule has 1 saturated heterocycles. The van der Waals surface area contributed by atoms with Crippen molar-refractivity contribution in [3.8, 4) is 0 Å². The molecule has 7 nitrogen and oxygen atoms in total. The van der Waals surface area contributed by atoms with Crippen LogP contribution in [0.2, 0.25) is 0 Å². The second kappa shape index (κ2) is 13.2. The normalized spacial score (nSPS) is 19.7. The van der Waals surface area contributed by atoms with E-state index in [1.807, 2.05) is 62.7 Å². The molecule has 3 unspecified atom stereocenters. The number of thiophene rings is 1.